The molecule has 1 aliphatic heterocycles. The molecule has 0 unspecified atom stereocenters. The number of hydrogen-bond donors (Lipinski definition) is 2. The molecule has 0 bridgehead atoms. The van der Waals surface area contributed by atoms with Crippen LogP contribution >= 0.6 is 27.5 Å². The van der Waals surface area contributed by atoms with Gasteiger partial charge in [-0.15, -0.1) is 0 Å². The molecule has 15 heavy (non-hydrogen) atoms. The number of benzene rings is 1. The maximum absolute atomic E-state index is 11.7. The molecule has 0 atom stereocenters. The Labute approximate surface area is 101 Å². The zero-order valence-corrected chi connectivity index (χ0v) is 10.2. The van der Waals surface area contributed by atoms with Gasteiger partial charge in [-0.05, 0) is 18.2 Å². The summed E-state index contributed by atoms with van der Waals surface area (Å²) in [5, 5.41) is 6.55. The zero-order valence-electron chi connectivity index (χ0n) is 7.89. The number of hydrogen-bond acceptors (Lipinski definition) is 2. The fraction of sp³-hybridized carbons (Fsp3) is 0.300. The van der Waals surface area contributed by atoms with E-state index in [0.29, 0.717) is 10.6 Å². The molecule has 1 heterocycles. The van der Waals surface area contributed by atoms with Crippen LogP contribution in [0.15, 0.2) is 22.7 Å². The molecule has 5 heteroatoms. The molecule has 0 saturated carbocycles. The minimum Gasteiger partial charge on any atom is -0.347 e. The van der Waals surface area contributed by atoms with Crippen molar-refractivity contribution in [3.05, 3.63) is 33.3 Å². The lowest BCUT2D eigenvalue weighted by Crippen LogP contribution is -2.56. The fourth-order valence-corrected chi connectivity index (χ4v) is 2.20. The first-order valence-corrected chi connectivity index (χ1v) is 5.80. The third-order valence-corrected chi connectivity index (χ3v) is 2.92. The van der Waals surface area contributed by atoms with Crippen molar-refractivity contribution in [2.24, 2.45) is 0 Å². The van der Waals surface area contributed by atoms with Crippen LogP contribution in [0.3, 0.4) is 0 Å². The molecular weight excluding hydrogens is 279 g/mol. The molecule has 0 radical (unpaired) electrons. The topological polar surface area (TPSA) is 41.1 Å². The van der Waals surface area contributed by atoms with Crippen LogP contribution in [0.2, 0.25) is 5.02 Å². The third kappa shape index (κ3) is 2.71. The van der Waals surface area contributed by atoms with E-state index < -0.39 is 0 Å². The Kier molecular flexibility index (Phi) is 3.29. The van der Waals surface area contributed by atoms with Crippen LogP contribution in [0, 0.1) is 0 Å². The van der Waals surface area contributed by atoms with Gasteiger partial charge >= 0.3 is 0 Å². The molecule has 1 aromatic rings. The van der Waals surface area contributed by atoms with E-state index in [1.54, 1.807) is 18.2 Å². The van der Waals surface area contributed by atoms with E-state index in [-0.39, 0.29) is 11.9 Å². The summed E-state index contributed by atoms with van der Waals surface area (Å²) in [5.74, 6) is -0.0790. The first-order valence-electron chi connectivity index (χ1n) is 4.63. The van der Waals surface area contributed by atoms with E-state index in [1.165, 1.54) is 0 Å². The molecule has 1 fully saturated rings. The van der Waals surface area contributed by atoms with E-state index >= 15 is 0 Å². The molecule has 0 aliphatic carbocycles. The molecule has 3 nitrogen and oxygen atoms in total. The summed E-state index contributed by atoms with van der Waals surface area (Å²) in [7, 11) is 0. The summed E-state index contributed by atoms with van der Waals surface area (Å²) in [4.78, 5) is 11.7. The van der Waals surface area contributed by atoms with Gasteiger partial charge in [0.1, 0.15) is 0 Å². The maximum atomic E-state index is 11.7. The van der Waals surface area contributed by atoms with Gasteiger partial charge in [0.05, 0.1) is 6.04 Å². The van der Waals surface area contributed by atoms with E-state index in [0.717, 1.165) is 17.6 Å². The van der Waals surface area contributed by atoms with E-state index in [9.17, 15) is 4.79 Å². The summed E-state index contributed by atoms with van der Waals surface area (Å²) in [6.45, 7) is 1.68. The van der Waals surface area contributed by atoms with Crippen molar-refractivity contribution in [3.8, 4) is 0 Å². The molecule has 1 amide bonds. The number of carbonyl (C=O) groups is 1. The monoisotopic (exact) mass is 288 g/mol. The third-order valence-electron chi connectivity index (χ3n) is 2.24. The first kappa shape index (κ1) is 10.9. The molecule has 1 saturated heterocycles. The lowest BCUT2D eigenvalue weighted by molar-refractivity contribution is 0.0924. The van der Waals surface area contributed by atoms with Crippen LogP contribution in [0.25, 0.3) is 0 Å². The van der Waals surface area contributed by atoms with Gasteiger partial charge in [-0.1, -0.05) is 27.5 Å². The van der Waals surface area contributed by atoms with Crippen LogP contribution in [0.4, 0.5) is 0 Å². The van der Waals surface area contributed by atoms with Gasteiger partial charge < -0.3 is 10.6 Å². The smallest absolute Gasteiger partial charge is 0.251 e. The number of halogens is 2. The molecule has 1 aliphatic rings. The largest absolute Gasteiger partial charge is 0.347 e. The van der Waals surface area contributed by atoms with Crippen molar-refractivity contribution in [2.45, 2.75) is 6.04 Å². The average Bonchev–Trinajstić information content (AvgIpc) is 2.09. The van der Waals surface area contributed by atoms with E-state index in [4.69, 9.17) is 11.6 Å². The van der Waals surface area contributed by atoms with Crippen molar-refractivity contribution < 1.29 is 4.79 Å². The van der Waals surface area contributed by atoms with Crippen molar-refractivity contribution in [2.75, 3.05) is 13.1 Å². The van der Waals surface area contributed by atoms with Crippen molar-refractivity contribution in [1.82, 2.24) is 10.6 Å². The Morgan fingerprint density at radius 1 is 1.47 bits per heavy atom. The zero-order chi connectivity index (χ0) is 10.8. The van der Waals surface area contributed by atoms with Crippen molar-refractivity contribution in [1.29, 1.82) is 0 Å². The van der Waals surface area contributed by atoms with Crippen molar-refractivity contribution >= 4 is 33.4 Å². The molecule has 2 rings (SSSR count). The predicted molar refractivity (Wildman–Crippen MR) is 63.3 cm³/mol. The second-order valence-corrected chi connectivity index (χ2v) is 4.84. The Bertz CT molecular complexity index is 373. The van der Waals surface area contributed by atoms with Crippen LogP contribution in [0.5, 0.6) is 0 Å². The van der Waals surface area contributed by atoms with Crippen LogP contribution in [-0.4, -0.2) is 25.0 Å². The van der Waals surface area contributed by atoms with Gasteiger partial charge in [-0.3, -0.25) is 4.79 Å². The summed E-state index contributed by atoms with van der Waals surface area (Å²) in [5.41, 5.74) is 0.585. The van der Waals surface area contributed by atoms with Gasteiger partial charge in [-0.25, -0.2) is 0 Å². The lowest BCUT2D eigenvalue weighted by Gasteiger charge is -2.27. The molecular formula is C10H10BrClN2O. The highest BCUT2D eigenvalue weighted by molar-refractivity contribution is 9.10. The summed E-state index contributed by atoms with van der Waals surface area (Å²) >= 11 is 9.16. The van der Waals surface area contributed by atoms with Gasteiger partial charge in [0, 0.05) is 28.1 Å². The summed E-state index contributed by atoms with van der Waals surface area (Å²) < 4.78 is 0.812. The minimum absolute atomic E-state index is 0.0790. The van der Waals surface area contributed by atoms with Gasteiger partial charge in [0.2, 0.25) is 0 Å². The number of rotatable bonds is 2. The van der Waals surface area contributed by atoms with Crippen molar-refractivity contribution in [3.63, 3.8) is 0 Å². The second-order valence-electron chi connectivity index (χ2n) is 3.49. The summed E-state index contributed by atoms with van der Waals surface area (Å²) in [6, 6.07) is 5.42. The Morgan fingerprint density at radius 2 is 2.20 bits per heavy atom. The van der Waals surface area contributed by atoms with E-state index in [1.807, 2.05) is 0 Å². The molecule has 0 spiro atoms. The fourth-order valence-electron chi connectivity index (χ4n) is 1.34. The lowest BCUT2D eigenvalue weighted by atomic mass is 10.1. The standard InChI is InChI=1S/C10H10BrClN2O/c11-7-1-6(2-8(12)3-7)10(15)14-9-4-13-5-9/h1-3,9,13H,4-5H2,(H,14,15). The predicted octanol–water partition coefficient (Wildman–Crippen LogP) is 1.80. The highest BCUT2D eigenvalue weighted by atomic mass is 79.9. The molecule has 80 valence electrons. The average molecular weight is 290 g/mol. The highest BCUT2D eigenvalue weighted by Crippen LogP contribution is 2.19. The highest BCUT2D eigenvalue weighted by Gasteiger charge is 2.19. The van der Waals surface area contributed by atoms with Gasteiger partial charge in [0.15, 0.2) is 0 Å². The first-order chi connectivity index (χ1) is 7.15. The molecule has 1 aromatic carbocycles. The SMILES string of the molecule is O=C(NC1CNC1)c1cc(Cl)cc(Br)c1. The normalized spacial score (nSPS) is 15.9. The molecule has 0 aromatic heterocycles. The Hall–Kier alpha value is -0.580. The van der Waals surface area contributed by atoms with Crippen LogP contribution in [0.1, 0.15) is 10.4 Å². The Balaban J connectivity index is 2.10. The maximum Gasteiger partial charge on any atom is 0.251 e. The number of carbonyl (C=O) groups excluding carboxylic acids is 1. The number of nitrogens with one attached hydrogen (secondary N) is 2. The number of amides is 1. The van der Waals surface area contributed by atoms with Crippen LogP contribution in [-0.2, 0) is 0 Å². The van der Waals surface area contributed by atoms with Gasteiger partial charge in [-0.2, -0.15) is 0 Å². The van der Waals surface area contributed by atoms with Gasteiger partial charge in [0.25, 0.3) is 5.91 Å². The quantitative estimate of drug-likeness (QED) is 0.872. The van der Waals surface area contributed by atoms with E-state index in [2.05, 4.69) is 26.6 Å². The summed E-state index contributed by atoms with van der Waals surface area (Å²) in [6.07, 6.45) is 0. The second kappa shape index (κ2) is 4.51. The minimum atomic E-state index is -0.0790. The molecule has 2 N–H and O–H groups in total. The Morgan fingerprint density at radius 3 is 2.73 bits per heavy atom. The van der Waals surface area contributed by atoms with Crippen LogP contribution < -0.4 is 10.6 Å².